The minimum absolute atomic E-state index is 0.111. The Kier molecular flexibility index (Phi) is 8.93. The van der Waals surface area contributed by atoms with E-state index in [0.717, 1.165) is 38.4 Å². The predicted octanol–water partition coefficient (Wildman–Crippen LogP) is 3.06. The zero-order chi connectivity index (χ0) is 23.8. The number of hydrogen-bond donors (Lipinski definition) is 0. The molecule has 33 heavy (non-hydrogen) atoms. The summed E-state index contributed by atoms with van der Waals surface area (Å²) < 4.78 is 58.7. The third-order valence-electron chi connectivity index (χ3n) is 5.58. The number of hydrogen-bond acceptors (Lipinski definition) is 5. The van der Waals surface area contributed by atoms with Gasteiger partial charge in [0, 0.05) is 57.0 Å². The van der Waals surface area contributed by atoms with Crippen LogP contribution in [0.3, 0.4) is 0 Å². The number of alkyl halides is 4. The summed E-state index contributed by atoms with van der Waals surface area (Å²) in [6.07, 6.45) is 5.73. The number of piperazine rings is 1. The Morgan fingerprint density at radius 2 is 1.55 bits per heavy atom. The molecule has 2 fully saturated rings. The van der Waals surface area contributed by atoms with Gasteiger partial charge in [-0.05, 0) is 37.5 Å². The first kappa shape index (κ1) is 24.8. The van der Waals surface area contributed by atoms with Gasteiger partial charge in [-0.25, -0.2) is 0 Å². The van der Waals surface area contributed by atoms with Gasteiger partial charge < -0.3 is 19.3 Å². The highest BCUT2D eigenvalue weighted by molar-refractivity contribution is 5.92. The molecule has 0 N–H and O–H groups in total. The fourth-order valence-electron chi connectivity index (χ4n) is 3.85. The molecule has 0 saturated carbocycles. The molecule has 0 spiro atoms. The van der Waals surface area contributed by atoms with Gasteiger partial charge in [0.25, 0.3) is 0 Å². The van der Waals surface area contributed by atoms with Crippen molar-refractivity contribution in [2.75, 3.05) is 45.8 Å². The number of ether oxygens (including phenoxy) is 2. The predicted molar refractivity (Wildman–Crippen MR) is 112 cm³/mol. The van der Waals surface area contributed by atoms with Crippen LogP contribution in [0.25, 0.3) is 6.08 Å². The van der Waals surface area contributed by atoms with E-state index >= 15 is 0 Å². The molecule has 0 aromatic heterocycles. The van der Waals surface area contributed by atoms with Crippen LogP contribution in [0.2, 0.25) is 0 Å². The molecule has 0 bridgehead atoms. The molecule has 0 unspecified atom stereocenters. The molecular formula is C22H27F4N3O4. The van der Waals surface area contributed by atoms with Gasteiger partial charge >= 0.3 is 13.2 Å². The number of rotatable bonds is 8. The van der Waals surface area contributed by atoms with Crippen molar-refractivity contribution in [3.05, 3.63) is 29.8 Å². The minimum Gasteiger partial charge on any atom is -0.435 e. The minimum atomic E-state index is -3.17. The summed E-state index contributed by atoms with van der Waals surface area (Å²) >= 11 is 0. The lowest BCUT2D eigenvalue weighted by Crippen LogP contribution is -2.51. The molecular weight excluding hydrogens is 446 g/mol. The summed E-state index contributed by atoms with van der Waals surface area (Å²) in [6.45, 7) is -2.38. The number of carbonyl (C=O) groups excluding carboxylic acids is 2. The molecule has 3 rings (SSSR count). The topological polar surface area (TPSA) is 62.3 Å². The average molecular weight is 473 g/mol. The number of carbonyl (C=O) groups is 2. The summed E-state index contributed by atoms with van der Waals surface area (Å²) in [4.78, 5) is 30.4. The lowest BCUT2D eigenvalue weighted by Gasteiger charge is -2.35. The molecule has 7 nitrogen and oxygen atoms in total. The summed E-state index contributed by atoms with van der Waals surface area (Å²) in [5.41, 5.74) is 0.121. The lowest BCUT2D eigenvalue weighted by atomic mass is 10.1. The summed E-state index contributed by atoms with van der Waals surface area (Å²) in [5, 5.41) is 0. The van der Waals surface area contributed by atoms with Gasteiger partial charge in [-0.1, -0.05) is 0 Å². The summed E-state index contributed by atoms with van der Waals surface area (Å²) in [6, 6.07) is 3.34. The molecule has 2 aliphatic rings. The first-order valence-corrected chi connectivity index (χ1v) is 10.8. The Balaban J connectivity index is 1.53. The normalized spacial score (nSPS) is 17.8. The van der Waals surface area contributed by atoms with Gasteiger partial charge in [-0.3, -0.25) is 14.5 Å². The Morgan fingerprint density at radius 1 is 0.879 bits per heavy atom. The third kappa shape index (κ3) is 7.62. The van der Waals surface area contributed by atoms with Crippen LogP contribution in [0.1, 0.15) is 24.8 Å². The van der Waals surface area contributed by atoms with Gasteiger partial charge in [-0.2, -0.15) is 17.6 Å². The maximum Gasteiger partial charge on any atom is 0.387 e. The monoisotopic (exact) mass is 473 g/mol. The maximum absolute atomic E-state index is 12.7. The van der Waals surface area contributed by atoms with Crippen LogP contribution in [0.15, 0.2) is 24.3 Å². The first-order chi connectivity index (χ1) is 15.8. The molecule has 1 aromatic carbocycles. The standard InChI is InChI=1S/C22H27F4N3O4/c23-21(24)32-17-6-4-16(18(14-17)33-22(25)26)5-7-19(30)29-12-10-27(11-13-29)15-20(31)28-8-2-1-3-9-28/h4-7,14,21-22H,1-3,8-13,15H2/b7-5+. The van der Waals surface area contributed by atoms with Gasteiger partial charge in [-0.15, -0.1) is 0 Å². The molecule has 182 valence electrons. The first-order valence-electron chi connectivity index (χ1n) is 10.8. The van der Waals surface area contributed by atoms with Gasteiger partial charge in [0.15, 0.2) is 0 Å². The van der Waals surface area contributed by atoms with E-state index in [4.69, 9.17) is 0 Å². The highest BCUT2D eigenvalue weighted by atomic mass is 19.3. The van der Waals surface area contributed by atoms with Gasteiger partial charge in [0.05, 0.1) is 6.54 Å². The van der Waals surface area contributed by atoms with E-state index in [1.807, 2.05) is 9.80 Å². The van der Waals surface area contributed by atoms with Crippen LogP contribution in [-0.2, 0) is 9.59 Å². The summed E-state index contributed by atoms with van der Waals surface area (Å²) in [7, 11) is 0. The highest BCUT2D eigenvalue weighted by Crippen LogP contribution is 2.28. The molecule has 1 aromatic rings. The largest absolute Gasteiger partial charge is 0.435 e. The molecule has 2 amide bonds. The third-order valence-corrected chi connectivity index (χ3v) is 5.58. The summed E-state index contributed by atoms with van der Waals surface area (Å²) in [5.74, 6) is -0.930. The fraction of sp³-hybridized carbons (Fsp3) is 0.545. The Morgan fingerprint density at radius 3 is 2.18 bits per heavy atom. The quantitative estimate of drug-likeness (QED) is 0.429. The van der Waals surface area contributed by atoms with Crippen LogP contribution < -0.4 is 9.47 Å². The average Bonchev–Trinajstić information content (AvgIpc) is 2.78. The smallest absolute Gasteiger partial charge is 0.387 e. The molecule has 2 aliphatic heterocycles. The second-order valence-corrected chi connectivity index (χ2v) is 7.83. The van der Waals surface area contributed by atoms with Crippen LogP contribution in [0.5, 0.6) is 11.5 Å². The number of piperidine rings is 1. The Bertz CT molecular complexity index is 839. The van der Waals surface area contributed by atoms with Crippen molar-refractivity contribution in [2.24, 2.45) is 0 Å². The maximum atomic E-state index is 12.7. The molecule has 0 atom stereocenters. The molecule has 2 heterocycles. The van der Waals surface area contributed by atoms with Crippen molar-refractivity contribution < 1.29 is 36.6 Å². The van der Waals surface area contributed by atoms with E-state index in [1.165, 1.54) is 24.3 Å². The number of amides is 2. The van der Waals surface area contributed by atoms with E-state index in [0.29, 0.717) is 32.7 Å². The van der Waals surface area contributed by atoms with Gasteiger partial charge in [0.1, 0.15) is 11.5 Å². The molecule has 2 saturated heterocycles. The van der Waals surface area contributed by atoms with Crippen molar-refractivity contribution in [2.45, 2.75) is 32.5 Å². The zero-order valence-electron chi connectivity index (χ0n) is 18.1. The second-order valence-electron chi connectivity index (χ2n) is 7.83. The van der Waals surface area contributed by atoms with E-state index in [1.54, 1.807) is 4.90 Å². The number of halogens is 4. The van der Waals surface area contributed by atoms with Crippen LogP contribution in [0.4, 0.5) is 17.6 Å². The fourth-order valence-corrected chi connectivity index (χ4v) is 3.85. The van der Waals surface area contributed by atoms with Crippen molar-refractivity contribution in [1.29, 1.82) is 0 Å². The van der Waals surface area contributed by atoms with E-state index in [2.05, 4.69) is 9.47 Å². The van der Waals surface area contributed by atoms with Crippen LogP contribution in [-0.4, -0.2) is 85.6 Å². The van der Waals surface area contributed by atoms with E-state index in [9.17, 15) is 27.2 Å². The zero-order valence-corrected chi connectivity index (χ0v) is 18.1. The van der Waals surface area contributed by atoms with Crippen molar-refractivity contribution >= 4 is 17.9 Å². The second kappa shape index (κ2) is 11.9. The van der Waals surface area contributed by atoms with Gasteiger partial charge in [0.2, 0.25) is 11.8 Å². The van der Waals surface area contributed by atoms with E-state index in [-0.39, 0.29) is 28.9 Å². The lowest BCUT2D eigenvalue weighted by molar-refractivity contribution is -0.134. The molecule has 11 heteroatoms. The van der Waals surface area contributed by atoms with E-state index < -0.39 is 13.2 Å². The molecule has 0 radical (unpaired) electrons. The number of nitrogens with zero attached hydrogens (tertiary/aromatic N) is 3. The van der Waals surface area contributed by atoms with Crippen LogP contribution in [0, 0.1) is 0 Å². The number of benzene rings is 1. The number of likely N-dealkylation sites (tertiary alicyclic amines) is 1. The van der Waals surface area contributed by atoms with Crippen molar-refractivity contribution in [1.82, 2.24) is 14.7 Å². The Hall–Kier alpha value is -2.82. The highest BCUT2D eigenvalue weighted by Gasteiger charge is 2.24. The molecule has 0 aliphatic carbocycles. The van der Waals surface area contributed by atoms with Crippen LogP contribution >= 0.6 is 0 Å². The van der Waals surface area contributed by atoms with Crippen molar-refractivity contribution in [3.63, 3.8) is 0 Å². The SMILES string of the molecule is O=C(/C=C/c1ccc(OC(F)F)cc1OC(F)F)N1CCN(CC(=O)N2CCCCC2)CC1. The van der Waals surface area contributed by atoms with Crippen molar-refractivity contribution in [3.8, 4) is 11.5 Å². The Labute approximate surface area is 189 Å².